The summed E-state index contributed by atoms with van der Waals surface area (Å²) in [5.41, 5.74) is 0. The molecule has 9 heteroatoms. The van der Waals surface area contributed by atoms with E-state index in [0.29, 0.717) is 89.2 Å². The Labute approximate surface area is 265 Å². The predicted octanol–water partition coefficient (Wildman–Crippen LogP) is 5.64. The van der Waals surface area contributed by atoms with Crippen molar-refractivity contribution in [3.8, 4) is 0 Å². The molecule has 3 fully saturated rings. The third-order valence-electron chi connectivity index (χ3n) is 9.97. The lowest BCUT2D eigenvalue weighted by molar-refractivity contribution is -0.164. The fraction of sp³-hybridized carbons (Fsp3) is 0.886. The lowest BCUT2D eigenvalue weighted by atomic mass is 9.90. The number of carbonyl (C=O) groups excluding carboxylic acids is 4. The molecule has 0 bridgehead atoms. The van der Waals surface area contributed by atoms with E-state index in [9.17, 15) is 24.3 Å². The van der Waals surface area contributed by atoms with Crippen molar-refractivity contribution in [2.24, 2.45) is 29.6 Å². The van der Waals surface area contributed by atoms with E-state index in [1.807, 2.05) is 4.90 Å². The van der Waals surface area contributed by atoms with Gasteiger partial charge in [0.15, 0.2) is 5.92 Å². The van der Waals surface area contributed by atoms with Crippen LogP contribution in [0.2, 0.25) is 0 Å². The molecule has 0 aromatic heterocycles. The van der Waals surface area contributed by atoms with Crippen molar-refractivity contribution < 1.29 is 38.5 Å². The summed E-state index contributed by atoms with van der Waals surface area (Å²) in [7, 11) is 0. The molecule has 0 saturated heterocycles. The number of nitrogens with zero attached hydrogens (tertiary/aromatic N) is 1. The second-order valence-electron chi connectivity index (χ2n) is 13.5. The van der Waals surface area contributed by atoms with Crippen LogP contribution in [-0.4, -0.2) is 80.3 Å². The van der Waals surface area contributed by atoms with E-state index >= 15 is 0 Å². The standard InChI is InChI=1S/C35H59NO8/c37-23-22-36(20-10-18-31(24-38)33(39)42-25-28-12-4-1-5-13-28)21-11-19-32(34(40)43-26-29-14-6-2-7-15-29)35(41)44-27-30-16-8-3-9-17-30/h24,28-32,37H,1-23,25-27H2. The summed E-state index contributed by atoms with van der Waals surface area (Å²) in [6.07, 6.45) is 19.6. The maximum atomic E-state index is 13.1. The Balaban J connectivity index is 1.44. The molecule has 252 valence electrons. The van der Waals surface area contributed by atoms with Crippen LogP contribution in [0.3, 0.4) is 0 Å². The van der Waals surface area contributed by atoms with Gasteiger partial charge in [0.25, 0.3) is 0 Å². The van der Waals surface area contributed by atoms with Crippen molar-refractivity contribution in [2.45, 2.75) is 122 Å². The van der Waals surface area contributed by atoms with Gasteiger partial charge in [0, 0.05) is 6.54 Å². The summed E-state index contributed by atoms with van der Waals surface area (Å²) in [5.74, 6) is -2.01. The predicted molar refractivity (Wildman–Crippen MR) is 168 cm³/mol. The molecule has 1 atom stereocenters. The smallest absolute Gasteiger partial charge is 0.320 e. The van der Waals surface area contributed by atoms with Crippen molar-refractivity contribution >= 4 is 24.2 Å². The molecule has 0 radical (unpaired) electrons. The Morgan fingerprint density at radius 3 is 1.43 bits per heavy atom. The summed E-state index contributed by atoms with van der Waals surface area (Å²) < 4.78 is 16.8. The van der Waals surface area contributed by atoms with Gasteiger partial charge in [-0.1, -0.05) is 57.8 Å². The number of esters is 3. The molecule has 3 saturated carbocycles. The highest BCUT2D eigenvalue weighted by Crippen LogP contribution is 2.27. The fourth-order valence-electron chi connectivity index (χ4n) is 7.07. The molecule has 9 nitrogen and oxygen atoms in total. The SMILES string of the molecule is O=CC(CCCN(CCO)CCCC(C(=O)OCC1CCCCC1)C(=O)OCC1CCCCC1)C(=O)OCC1CCCCC1. The molecular weight excluding hydrogens is 562 g/mol. The maximum Gasteiger partial charge on any atom is 0.320 e. The average molecular weight is 622 g/mol. The van der Waals surface area contributed by atoms with E-state index in [2.05, 4.69) is 0 Å². The second kappa shape index (κ2) is 21.7. The Morgan fingerprint density at radius 2 is 1.02 bits per heavy atom. The van der Waals surface area contributed by atoms with Crippen LogP contribution in [0.1, 0.15) is 122 Å². The van der Waals surface area contributed by atoms with Crippen molar-refractivity contribution in [1.29, 1.82) is 0 Å². The van der Waals surface area contributed by atoms with Crippen LogP contribution in [0.4, 0.5) is 0 Å². The van der Waals surface area contributed by atoms with Gasteiger partial charge in [0.1, 0.15) is 12.2 Å². The van der Waals surface area contributed by atoms with Crippen LogP contribution in [0.25, 0.3) is 0 Å². The molecule has 0 heterocycles. The van der Waals surface area contributed by atoms with Crippen LogP contribution < -0.4 is 0 Å². The molecule has 0 amide bonds. The van der Waals surface area contributed by atoms with Gasteiger partial charge in [-0.15, -0.1) is 0 Å². The van der Waals surface area contributed by atoms with Crippen LogP contribution in [0.15, 0.2) is 0 Å². The topological polar surface area (TPSA) is 119 Å². The largest absolute Gasteiger partial charge is 0.465 e. The summed E-state index contributed by atoms with van der Waals surface area (Å²) in [6.45, 7) is 2.68. The normalized spacial score (nSPS) is 19.5. The van der Waals surface area contributed by atoms with Crippen molar-refractivity contribution in [3.63, 3.8) is 0 Å². The molecule has 3 rings (SSSR count). The number of aldehydes is 1. The van der Waals surface area contributed by atoms with E-state index in [4.69, 9.17) is 14.2 Å². The van der Waals surface area contributed by atoms with Crippen LogP contribution >= 0.6 is 0 Å². The van der Waals surface area contributed by atoms with Gasteiger partial charge in [-0.25, -0.2) is 0 Å². The zero-order valence-electron chi connectivity index (χ0n) is 27.1. The van der Waals surface area contributed by atoms with Gasteiger partial charge in [0.2, 0.25) is 0 Å². The zero-order chi connectivity index (χ0) is 31.4. The van der Waals surface area contributed by atoms with Crippen molar-refractivity contribution in [2.75, 3.05) is 46.1 Å². The van der Waals surface area contributed by atoms with Crippen molar-refractivity contribution in [1.82, 2.24) is 4.90 Å². The van der Waals surface area contributed by atoms with Gasteiger partial charge in [-0.05, 0) is 95.1 Å². The van der Waals surface area contributed by atoms with E-state index in [1.165, 1.54) is 32.1 Å². The van der Waals surface area contributed by atoms with Gasteiger partial charge >= 0.3 is 17.9 Å². The van der Waals surface area contributed by atoms with Crippen molar-refractivity contribution in [3.05, 3.63) is 0 Å². The Kier molecular flexibility index (Phi) is 18.0. The maximum absolute atomic E-state index is 13.1. The molecule has 3 aliphatic rings. The summed E-state index contributed by atoms with van der Waals surface area (Å²) in [6, 6.07) is 0. The highest BCUT2D eigenvalue weighted by atomic mass is 16.6. The average Bonchev–Trinajstić information content (AvgIpc) is 3.06. The second-order valence-corrected chi connectivity index (χ2v) is 13.5. The first-order chi connectivity index (χ1) is 21.5. The first-order valence-corrected chi connectivity index (χ1v) is 17.8. The van der Waals surface area contributed by atoms with Gasteiger partial charge < -0.3 is 29.0 Å². The first kappa shape index (κ1) is 36.5. The lowest BCUT2D eigenvalue weighted by Gasteiger charge is -2.25. The van der Waals surface area contributed by atoms with Gasteiger partial charge in [-0.3, -0.25) is 14.4 Å². The molecule has 0 aromatic rings. The minimum absolute atomic E-state index is 0.0309. The first-order valence-electron chi connectivity index (χ1n) is 17.8. The van der Waals surface area contributed by atoms with E-state index < -0.39 is 29.7 Å². The minimum atomic E-state index is -0.948. The number of hydrogen-bond donors (Lipinski definition) is 1. The summed E-state index contributed by atoms with van der Waals surface area (Å²) in [5, 5.41) is 9.63. The summed E-state index contributed by atoms with van der Waals surface area (Å²) in [4.78, 5) is 52.4. The number of rotatable bonds is 20. The number of aliphatic hydroxyl groups is 1. The van der Waals surface area contributed by atoms with Gasteiger partial charge in [0.05, 0.1) is 26.4 Å². The third kappa shape index (κ3) is 14.0. The lowest BCUT2D eigenvalue weighted by Crippen LogP contribution is -2.33. The molecule has 0 aromatic carbocycles. The highest BCUT2D eigenvalue weighted by molar-refractivity contribution is 5.94. The van der Waals surface area contributed by atoms with Gasteiger partial charge in [-0.2, -0.15) is 0 Å². The van der Waals surface area contributed by atoms with E-state index in [0.717, 1.165) is 64.2 Å². The Bertz CT molecular complexity index is 799. The molecule has 1 N–H and O–H groups in total. The summed E-state index contributed by atoms with van der Waals surface area (Å²) >= 11 is 0. The number of ether oxygens (including phenoxy) is 3. The van der Waals surface area contributed by atoms with E-state index in [-0.39, 0.29) is 6.61 Å². The van der Waals surface area contributed by atoms with Crippen LogP contribution in [0, 0.1) is 29.6 Å². The number of hydrogen-bond acceptors (Lipinski definition) is 9. The number of aliphatic hydroxyl groups excluding tert-OH is 1. The molecule has 3 aliphatic carbocycles. The Hall–Kier alpha value is -2.00. The molecule has 44 heavy (non-hydrogen) atoms. The van der Waals surface area contributed by atoms with E-state index in [1.54, 1.807) is 0 Å². The molecule has 0 aliphatic heterocycles. The monoisotopic (exact) mass is 621 g/mol. The third-order valence-corrected chi connectivity index (χ3v) is 9.97. The molecule has 0 spiro atoms. The van der Waals surface area contributed by atoms with Crippen LogP contribution in [0.5, 0.6) is 0 Å². The quantitative estimate of drug-likeness (QED) is 0.0797. The Morgan fingerprint density at radius 1 is 0.614 bits per heavy atom. The van der Waals surface area contributed by atoms with Crippen LogP contribution in [-0.2, 0) is 33.4 Å². The molecular formula is C35H59NO8. The zero-order valence-corrected chi connectivity index (χ0v) is 27.1. The molecule has 1 unspecified atom stereocenters. The highest BCUT2D eigenvalue weighted by Gasteiger charge is 2.31. The minimum Gasteiger partial charge on any atom is -0.465 e. The fourth-order valence-corrected chi connectivity index (χ4v) is 7.07. The number of carbonyl (C=O) groups is 4.